The number of carbonyl (C=O) groups is 1. The van der Waals surface area contributed by atoms with E-state index in [1.165, 1.54) is 12.3 Å². The van der Waals surface area contributed by atoms with Gasteiger partial charge in [0.1, 0.15) is 17.2 Å². The maximum atomic E-state index is 11.0. The molecule has 18 heavy (non-hydrogen) atoms. The van der Waals surface area contributed by atoms with Crippen molar-refractivity contribution >= 4 is 27.5 Å². The number of pyridine rings is 1. The molecule has 0 atom stereocenters. The molecular weight excluding hydrogens is 298 g/mol. The van der Waals surface area contributed by atoms with Crippen LogP contribution in [0.15, 0.2) is 41.0 Å². The SMILES string of the molecule is NC(=O)c1cc(Oc2cc(N)cc(Br)c2)ccn1. The zero-order valence-corrected chi connectivity index (χ0v) is 10.8. The summed E-state index contributed by atoms with van der Waals surface area (Å²) in [7, 11) is 0. The van der Waals surface area contributed by atoms with E-state index in [0.717, 1.165) is 4.47 Å². The lowest BCUT2D eigenvalue weighted by molar-refractivity contribution is 0.0995. The van der Waals surface area contributed by atoms with E-state index in [9.17, 15) is 4.79 Å². The van der Waals surface area contributed by atoms with Crippen LogP contribution in [0.3, 0.4) is 0 Å². The van der Waals surface area contributed by atoms with Gasteiger partial charge in [-0.25, -0.2) is 0 Å². The van der Waals surface area contributed by atoms with Gasteiger partial charge in [-0.05, 0) is 18.2 Å². The Balaban J connectivity index is 2.28. The van der Waals surface area contributed by atoms with E-state index >= 15 is 0 Å². The van der Waals surface area contributed by atoms with E-state index in [2.05, 4.69) is 20.9 Å². The van der Waals surface area contributed by atoms with Crippen molar-refractivity contribution in [1.29, 1.82) is 0 Å². The van der Waals surface area contributed by atoms with Crippen LogP contribution in [0, 0.1) is 0 Å². The summed E-state index contributed by atoms with van der Waals surface area (Å²) in [4.78, 5) is 14.8. The number of halogens is 1. The minimum absolute atomic E-state index is 0.149. The average molecular weight is 308 g/mol. The van der Waals surface area contributed by atoms with Gasteiger partial charge in [-0.3, -0.25) is 9.78 Å². The summed E-state index contributed by atoms with van der Waals surface area (Å²) in [6, 6.07) is 8.30. The Kier molecular flexibility index (Phi) is 3.47. The van der Waals surface area contributed by atoms with Gasteiger partial charge in [-0.2, -0.15) is 0 Å². The summed E-state index contributed by atoms with van der Waals surface area (Å²) < 4.78 is 6.38. The van der Waals surface area contributed by atoms with E-state index in [-0.39, 0.29) is 5.69 Å². The molecular formula is C12H10BrN3O2. The summed E-state index contributed by atoms with van der Waals surface area (Å²) >= 11 is 3.32. The Morgan fingerprint density at radius 1 is 1.22 bits per heavy atom. The monoisotopic (exact) mass is 307 g/mol. The van der Waals surface area contributed by atoms with Crippen LogP contribution in [0.2, 0.25) is 0 Å². The minimum Gasteiger partial charge on any atom is -0.457 e. The predicted octanol–water partition coefficient (Wildman–Crippen LogP) is 2.32. The number of hydrogen-bond donors (Lipinski definition) is 2. The fourth-order valence-electron chi connectivity index (χ4n) is 1.39. The molecule has 4 N–H and O–H groups in total. The highest BCUT2D eigenvalue weighted by Crippen LogP contribution is 2.27. The average Bonchev–Trinajstić information content (AvgIpc) is 2.27. The maximum Gasteiger partial charge on any atom is 0.267 e. The summed E-state index contributed by atoms with van der Waals surface area (Å²) in [6.07, 6.45) is 1.46. The van der Waals surface area contributed by atoms with Crippen LogP contribution in [-0.4, -0.2) is 10.9 Å². The van der Waals surface area contributed by atoms with Crippen molar-refractivity contribution < 1.29 is 9.53 Å². The fourth-order valence-corrected chi connectivity index (χ4v) is 1.88. The first-order valence-electron chi connectivity index (χ1n) is 5.04. The molecule has 0 unspecified atom stereocenters. The topological polar surface area (TPSA) is 91.2 Å². The second-order valence-corrected chi connectivity index (χ2v) is 4.48. The van der Waals surface area contributed by atoms with Crippen LogP contribution in [0.1, 0.15) is 10.5 Å². The van der Waals surface area contributed by atoms with Crippen molar-refractivity contribution in [3.63, 3.8) is 0 Å². The minimum atomic E-state index is -0.603. The van der Waals surface area contributed by atoms with Gasteiger partial charge in [0.25, 0.3) is 5.91 Å². The zero-order chi connectivity index (χ0) is 13.1. The normalized spacial score (nSPS) is 10.1. The molecule has 0 aliphatic carbocycles. The number of amides is 1. The van der Waals surface area contributed by atoms with Gasteiger partial charge in [0, 0.05) is 28.5 Å². The third-order valence-electron chi connectivity index (χ3n) is 2.11. The lowest BCUT2D eigenvalue weighted by atomic mass is 10.3. The Hall–Kier alpha value is -2.08. The number of carbonyl (C=O) groups excluding carboxylic acids is 1. The lowest BCUT2D eigenvalue weighted by Gasteiger charge is -2.07. The number of rotatable bonds is 3. The molecule has 1 aromatic carbocycles. The van der Waals surface area contributed by atoms with Crippen molar-refractivity contribution in [2.75, 3.05) is 5.73 Å². The number of nitrogens with two attached hydrogens (primary N) is 2. The maximum absolute atomic E-state index is 11.0. The number of benzene rings is 1. The van der Waals surface area contributed by atoms with Crippen LogP contribution in [0.5, 0.6) is 11.5 Å². The number of nitrogens with zero attached hydrogens (tertiary/aromatic N) is 1. The van der Waals surface area contributed by atoms with E-state index in [1.807, 2.05) is 0 Å². The Morgan fingerprint density at radius 3 is 2.67 bits per heavy atom. The van der Waals surface area contributed by atoms with Crippen molar-refractivity contribution in [3.05, 3.63) is 46.7 Å². The van der Waals surface area contributed by atoms with Crippen molar-refractivity contribution in [3.8, 4) is 11.5 Å². The smallest absolute Gasteiger partial charge is 0.267 e. The summed E-state index contributed by atoms with van der Waals surface area (Å²) in [5, 5.41) is 0. The summed E-state index contributed by atoms with van der Waals surface area (Å²) in [6.45, 7) is 0. The second kappa shape index (κ2) is 5.05. The van der Waals surface area contributed by atoms with Gasteiger partial charge >= 0.3 is 0 Å². The van der Waals surface area contributed by atoms with Gasteiger partial charge in [-0.15, -0.1) is 0 Å². The summed E-state index contributed by atoms with van der Waals surface area (Å²) in [5.41, 5.74) is 11.6. The molecule has 0 spiro atoms. The van der Waals surface area contributed by atoms with E-state index in [4.69, 9.17) is 16.2 Å². The molecule has 92 valence electrons. The predicted molar refractivity (Wildman–Crippen MR) is 71.4 cm³/mol. The van der Waals surface area contributed by atoms with E-state index < -0.39 is 5.91 Å². The Labute approximate surface area is 112 Å². The van der Waals surface area contributed by atoms with Crippen LogP contribution in [0.25, 0.3) is 0 Å². The third kappa shape index (κ3) is 2.98. The van der Waals surface area contributed by atoms with Crippen LogP contribution < -0.4 is 16.2 Å². The fraction of sp³-hybridized carbons (Fsp3) is 0. The number of nitrogen functional groups attached to an aromatic ring is 1. The van der Waals surface area contributed by atoms with Gasteiger partial charge < -0.3 is 16.2 Å². The second-order valence-electron chi connectivity index (χ2n) is 3.56. The lowest BCUT2D eigenvalue weighted by Crippen LogP contribution is -2.12. The van der Waals surface area contributed by atoms with Crippen LogP contribution in [-0.2, 0) is 0 Å². The van der Waals surface area contributed by atoms with Gasteiger partial charge in [-0.1, -0.05) is 15.9 Å². The molecule has 0 radical (unpaired) electrons. The first-order chi connectivity index (χ1) is 8.54. The van der Waals surface area contributed by atoms with Crippen molar-refractivity contribution in [1.82, 2.24) is 4.98 Å². The Morgan fingerprint density at radius 2 is 2.00 bits per heavy atom. The molecule has 0 saturated carbocycles. The number of primary amides is 1. The molecule has 1 amide bonds. The van der Waals surface area contributed by atoms with Gasteiger partial charge in [0.2, 0.25) is 0 Å². The van der Waals surface area contributed by atoms with E-state index in [1.54, 1.807) is 24.3 Å². The first-order valence-corrected chi connectivity index (χ1v) is 5.83. The molecule has 0 fully saturated rings. The van der Waals surface area contributed by atoms with Gasteiger partial charge in [0.05, 0.1) is 0 Å². The third-order valence-corrected chi connectivity index (χ3v) is 2.57. The first kappa shape index (κ1) is 12.4. The molecule has 2 rings (SSSR count). The number of hydrogen-bond acceptors (Lipinski definition) is 4. The molecule has 0 bridgehead atoms. The largest absolute Gasteiger partial charge is 0.457 e. The van der Waals surface area contributed by atoms with Gasteiger partial charge in [0.15, 0.2) is 0 Å². The summed E-state index contributed by atoms with van der Waals surface area (Å²) in [5.74, 6) is 0.425. The van der Waals surface area contributed by atoms with Crippen molar-refractivity contribution in [2.45, 2.75) is 0 Å². The molecule has 6 heteroatoms. The van der Waals surface area contributed by atoms with E-state index in [0.29, 0.717) is 17.2 Å². The number of anilines is 1. The van der Waals surface area contributed by atoms with Crippen LogP contribution >= 0.6 is 15.9 Å². The molecule has 0 aliphatic rings. The number of aromatic nitrogens is 1. The molecule has 1 aromatic heterocycles. The molecule has 2 aromatic rings. The molecule has 5 nitrogen and oxygen atoms in total. The van der Waals surface area contributed by atoms with Crippen LogP contribution in [0.4, 0.5) is 5.69 Å². The quantitative estimate of drug-likeness (QED) is 0.851. The highest BCUT2D eigenvalue weighted by molar-refractivity contribution is 9.10. The highest BCUT2D eigenvalue weighted by Gasteiger charge is 2.05. The Bertz CT molecular complexity index is 581. The standard InChI is InChI=1S/C12H10BrN3O2/c13-7-3-8(14)5-10(4-7)18-9-1-2-16-11(6-9)12(15)17/h1-6H,14H2,(H2,15,17). The zero-order valence-electron chi connectivity index (χ0n) is 9.26. The molecule has 1 heterocycles. The molecule has 0 saturated heterocycles. The molecule has 0 aliphatic heterocycles. The highest BCUT2D eigenvalue weighted by atomic mass is 79.9. The number of ether oxygens (including phenoxy) is 1. The van der Waals surface area contributed by atoms with Crippen molar-refractivity contribution in [2.24, 2.45) is 5.73 Å².